The van der Waals surface area contributed by atoms with Crippen molar-refractivity contribution in [3.05, 3.63) is 53.8 Å². The van der Waals surface area contributed by atoms with Crippen molar-refractivity contribution in [3.63, 3.8) is 0 Å². The second kappa shape index (κ2) is 8.12. The van der Waals surface area contributed by atoms with Gasteiger partial charge in [-0.15, -0.1) is 0 Å². The molecule has 24 heavy (non-hydrogen) atoms. The third kappa shape index (κ3) is 4.69. The number of hydrogen-bond donors (Lipinski definition) is 1. The predicted molar refractivity (Wildman–Crippen MR) is 89.5 cm³/mol. The first-order valence-corrected chi connectivity index (χ1v) is 8.90. The van der Waals surface area contributed by atoms with E-state index in [9.17, 15) is 12.8 Å². The van der Waals surface area contributed by atoms with Gasteiger partial charge in [-0.2, -0.15) is 0 Å². The third-order valence-electron chi connectivity index (χ3n) is 3.53. The Balaban J connectivity index is 1.89. The predicted octanol–water partition coefficient (Wildman–Crippen LogP) is 2.75. The molecule has 0 spiro atoms. The molecule has 2 aromatic carbocycles. The SMILES string of the molecule is COc1ccc(CCCNS(=O)(=O)c2ccc(OC)c(F)c2)cc1. The summed E-state index contributed by atoms with van der Waals surface area (Å²) in [5, 5.41) is 0. The Morgan fingerprint density at radius 3 is 2.33 bits per heavy atom. The van der Waals surface area contributed by atoms with Gasteiger partial charge in [0.05, 0.1) is 19.1 Å². The maximum atomic E-state index is 13.6. The quantitative estimate of drug-likeness (QED) is 0.741. The van der Waals surface area contributed by atoms with Crippen molar-refractivity contribution >= 4 is 10.0 Å². The fourth-order valence-corrected chi connectivity index (χ4v) is 3.27. The van der Waals surface area contributed by atoms with Crippen molar-refractivity contribution in [2.24, 2.45) is 0 Å². The fourth-order valence-electron chi connectivity index (χ4n) is 2.19. The fraction of sp³-hybridized carbons (Fsp3) is 0.294. The van der Waals surface area contributed by atoms with Crippen LogP contribution in [0.4, 0.5) is 4.39 Å². The lowest BCUT2D eigenvalue weighted by Crippen LogP contribution is -2.25. The normalized spacial score (nSPS) is 11.3. The number of nitrogens with one attached hydrogen (secondary N) is 1. The minimum Gasteiger partial charge on any atom is -0.497 e. The van der Waals surface area contributed by atoms with E-state index in [1.54, 1.807) is 7.11 Å². The van der Waals surface area contributed by atoms with Gasteiger partial charge in [-0.05, 0) is 48.7 Å². The van der Waals surface area contributed by atoms with E-state index in [1.165, 1.54) is 19.2 Å². The van der Waals surface area contributed by atoms with Crippen LogP contribution in [0.5, 0.6) is 11.5 Å². The number of benzene rings is 2. The van der Waals surface area contributed by atoms with E-state index in [0.717, 1.165) is 23.8 Å². The van der Waals surface area contributed by atoms with Gasteiger partial charge in [0.25, 0.3) is 0 Å². The summed E-state index contributed by atoms with van der Waals surface area (Å²) in [7, 11) is -0.812. The highest BCUT2D eigenvalue weighted by Crippen LogP contribution is 2.20. The smallest absolute Gasteiger partial charge is 0.240 e. The zero-order valence-corrected chi connectivity index (χ0v) is 14.4. The average Bonchev–Trinajstić information content (AvgIpc) is 2.59. The van der Waals surface area contributed by atoms with Crippen LogP contribution in [0, 0.1) is 5.82 Å². The maximum Gasteiger partial charge on any atom is 0.240 e. The highest BCUT2D eigenvalue weighted by atomic mass is 32.2. The number of sulfonamides is 1. The number of aryl methyl sites for hydroxylation is 1. The first-order valence-electron chi connectivity index (χ1n) is 7.42. The Labute approximate surface area is 141 Å². The van der Waals surface area contributed by atoms with Gasteiger partial charge >= 0.3 is 0 Å². The molecule has 0 aliphatic carbocycles. The van der Waals surface area contributed by atoms with Crippen molar-refractivity contribution in [1.29, 1.82) is 0 Å². The van der Waals surface area contributed by atoms with Crippen LogP contribution in [-0.2, 0) is 16.4 Å². The van der Waals surface area contributed by atoms with Gasteiger partial charge in [0, 0.05) is 6.54 Å². The summed E-state index contributed by atoms with van der Waals surface area (Å²) >= 11 is 0. The molecular weight excluding hydrogens is 333 g/mol. The van der Waals surface area contributed by atoms with Gasteiger partial charge in [-0.25, -0.2) is 17.5 Å². The van der Waals surface area contributed by atoms with E-state index in [1.807, 2.05) is 24.3 Å². The number of ether oxygens (including phenoxy) is 2. The maximum absolute atomic E-state index is 13.6. The molecule has 0 fully saturated rings. The molecule has 0 unspecified atom stereocenters. The van der Waals surface area contributed by atoms with Crippen molar-refractivity contribution in [2.75, 3.05) is 20.8 Å². The molecule has 0 radical (unpaired) electrons. The summed E-state index contributed by atoms with van der Waals surface area (Å²) < 4.78 is 50.2. The van der Waals surface area contributed by atoms with Crippen LogP contribution in [0.2, 0.25) is 0 Å². The van der Waals surface area contributed by atoms with Crippen LogP contribution in [0.1, 0.15) is 12.0 Å². The van der Waals surface area contributed by atoms with Crippen molar-refractivity contribution in [3.8, 4) is 11.5 Å². The molecular formula is C17H20FNO4S. The molecule has 0 aliphatic heterocycles. The Hall–Kier alpha value is -2.12. The van der Waals surface area contributed by atoms with Crippen LogP contribution in [-0.4, -0.2) is 29.2 Å². The molecule has 130 valence electrons. The van der Waals surface area contributed by atoms with Crippen molar-refractivity contribution in [2.45, 2.75) is 17.7 Å². The average molecular weight is 353 g/mol. The number of methoxy groups -OCH3 is 2. The van der Waals surface area contributed by atoms with Crippen LogP contribution in [0.15, 0.2) is 47.4 Å². The van der Waals surface area contributed by atoms with Crippen molar-refractivity contribution in [1.82, 2.24) is 4.72 Å². The molecule has 2 aromatic rings. The molecule has 0 bridgehead atoms. The van der Waals surface area contributed by atoms with E-state index >= 15 is 0 Å². The van der Waals surface area contributed by atoms with Gasteiger partial charge in [0.2, 0.25) is 10.0 Å². The topological polar surface area (TPSA) is 64.6 Å². The molecule has 0 aromatic heterocycles. The van der Waals surface area contributed by atoms with Gasteiger partial charge in [0.15, 0.2) is 11.6 Å². The van der Waals surface area contributed by atoms with E-state index < -0.39 is 15.8 Å². The monoisotopic (exact) mass is 353 g/mol. The van der Waals surface area contributed by atoms with Crippen LogP contribution in [0.3, 0.4) is 0 Å². The van der Waals surface area contributed by atoms with Crippen LogP contribution >= 0.6 is 0 Å². The van der Waals surface area contributed by atoms with Gasteiger partial charge in [-0.3, -0.25) is 0 Å². The summed E-state index contributed by atoms with van der Waals surface area (Å²) in [5.74, 6) is 0.0769. The standard InChI is InChI=1S/C17H20FNO4S/c1-22-14-7-5-13(6-8-14)4-3-11-19-24(20,21)15-9-10-17(23-2)16(18)12-15/h5-10,12,19H,3-4,11H2,1-2H3. The summed E-state index contributed by atoms with van der Waals surface area (Å²) in [5.41, 5.74) is 1.09. The van der Waals surface area contributed by atoms with Gasteiger partial charge in [-0.1, -0.05) is 12.1 Å². The Kier molecular flexibility index (Phi) is 6.16. The highest BCUT2D eigenvalue weighted by molar-refractivity contribution is 7.89. The lowest BCUT2D eigenvalue weighted by molar-refractivity contribution is 0.385. The summed E-state index contributed by atoms with van der Waals surface area (Å²) in [6, 6.07) is 11.2. The minimum atomic E-state index is -3.74. The molecule has 7 heteroatoms. The van der Waals surface area contributed by atoms with E-state index in [4.69, 9.17) is 9.47 Å². The number of rotatable bonds is 8. The van der Waals surface area contributed by atoms with Crippen LogP contribution in [0.25, 0.3) is 0 Å². The van der Waals surface area contributed by atoms with Gasteiger partial charge in [0.1, 0.15) is 5.75 Å². The van der Waals surface area contributed by atoms with Crippen molar-refractivity contribution < 1.29 is 22.3 Å². The lowest BCUT2D eigenvalue weighted by Gasteiger charge is -2.08. The number of halogens is 1. The molecule has 0 amide bonds. The van der Waals surface area contributed by atoms with E-state index in [0.29, 0.717) is 6.42 Å². The summed E-state index contributed by atoms with van der Waals surface area (Å²) in [6.07, 6.45) is 1.35. The lowest BCUT2D eigenvalue weighted by atomic mass is 10.1. The molecule has 5 nitrogen and oxygen atoms in total. The van der Waals surface area contributed by atoms with E-state index in [2.05, 4.69) is 4.72 Å². The molecule has 1 N–H and O–H groups in total. The number of hydrogen-bond acceptors (Lipinski definition) is 4. The first kappa shape index (κ1) is 18.2. The molecule has 0 atom stereocenters. The molecule has 0 saturated heterocycles. The van der Waals surface area contributed by atoms with E-state index in [-0.39, 0.29) is 17.2 Å². The second-order valence-electron chi connectivity index (χ2n) is 5.15. The minimum absolute atomic E-state index is 0.00783. The van der Waals surface area contributed by atoms with Crippen LogP contribution < -0.4 is 14.2 Å². The highest BCUT2D eigenvalue weighted by Gasteiger charge is 2.16. The second-order valence-corrected chi connectivity index (χ2v) is 6.91. The van der Waals surface area contributed by atoms with Gasteiger partial charge < -0.3 is 9.47 Å². The largest absolute Gasteiger partial charge is 0.497 e. The third-order valence-corrected chi connectivity index (χ3v) is 4.99. The summed E-state index contributed by atoms with van der Waals surface area (Å²) in [4.78, 5) is -0.120. The zero-order chi connectivity index (χ0) is 17.6. The Bertz CT molecular complexity index is 776. The molecule has 0 saturated carbocycles. The molecule has 2 rings (SSSR count). The summed E-state index contributed by atoms with van der Waals surface area (Å²) in [6.45, 7) is 0.266. The first-order chi connectivity index (χ1) is 11.5. The Morgan fingerprint density at radius 2 is 1.75 bits per heavy atom. The molecule has 0 heterocycles. The zero-order valence-electron chi connectivity index (χ0n) is 13.6. The molecule has 0 aliphatic rings. The Morgan fingerprint density at radius 1 is 1.04 bits per heavy atom.